The zero-order valence-electron chi connectivity index (χ0n) is 13.9. The Balaban J connectivity index is 1.90. The molecule has 0 aliphatic carbocycles. The fourth-order valence-electron chi connectivity index (χ4n) is 2.25. The number of thiazole rings is 1. The number of hydrogen-bond acceptors (Lipinski definition) is 6. The molecular weight excluding hydrogens is 396 g/mol. The molecule has 6 nitrogen and oxygen atoms in total. The molecule has 1 aromatic heterocycles. The molecule has 0 spiro atoms. The summed E-state index contributed by atoms with van der Waals surface area (Å²) >= 11 is 6.98. The first kappa shape index (κ1) is 18.5. The number of rotatable bonds is 6. The molecule has 136 valence electrons. The molecule has 3 rings (SSSR count). The lowest BCUT2D eigenvalue weighted by molar-refractivity contribution is 0.404. The van der Waals surface area contributed by atoms with Gasteiger partial charge in [0, 0.05) is 16.0 Å². The number of anilines is 1. The van der Waals surface area contributed by atoms with E-state index in [2.05, 4.69) is 9.71 Å². The van der Waals surface area contributed by atoms with Crippen molar-refractivity contribution >= 4 is 38.1 Å². The van der Waals surface area contributed by atoms with Crippen LogP contribution < -0.4 is 14.2 Å². The van der Waals surface area contributed by atoms with Crippen LogP contribution in [0.15, 0.2) is 52.7 Å². The Hall–Kier alpha value is -2.29. The lowest BCUT2D eigenvalue weighted by atomic mass is 10.1. The molecule has 0 atom stereocenters. The van der Waals surface area contributed by atoms with Gasteiger partial charge in [-0.05, 0) is 42.5 Å². The number of benzene rings is 2. The number of nitrogens with one attached hydrogen (secondary N) is 1. The number of halogens is 1. The molecule has 0 unspecified atom stereocenters. The van der Waals surface area contributed by atoms with Crippen molar-refractivity contribution in [1.82, 2.24) is 4.98 Å². The maximum absolute atomic E-state index is 12.4. The van der Waals surface area contributed by atoms with Gasteiger partial charge in [-0.15, -0.1) is 11.3 Å². The van der Waals surface area contributed by atoms with E-state index in [1.165, 1.54) is 35.6 Å². The molecule has 2 aromatic carbocycles. The number of hydrogen-bond donors (Lipinski definition) is 1. The van der Waals surface area contributed by atoms with Gasteiger partial charge in [0.25, 0.3) is 10.0 Å². The average Bonchev–Trinajstić information content (AvgIpc) is 3.09. The van der Waals surface area contributed by atoms with Crippen LogP contribution in [0.3, 0.4) is 0 Å². The van der Waals surface area contributed by atoms with Crippen LogP contribution >= 0.6 is 22.9 Å². The lowest BCUT2D eigenvalue weighted by Crippen LogP contribution is -2.12. The van der Waals surface area contributed by atoms with Crippen LogP contribution in [0.2, 0.25) is 5.02 Å². The summed E-state index contributed by atoms with van der Waals surface area (Å²) in [5, 5.41) is 2.46. The van der Waals surface area contributed by atoms with Gasteiger partial charge in [-0.1, -0.05) is 11.6 Å². The summed E-state index contributed by atoms with van der Waals surface area (Å²) in [6.45, 7) is 0. The van der Waals surface area contributed by atoms with E-state index >= 15 is 0 Å². The van der Waals surface area contributed by atoms with Gasteiger partial charge < -0.3 is 9.47 Å². The predicted molar refractivity (Wildman–Crippen MR) is 103 cm³/mol. The third-order valence-corrected chi connectivity index (χ3v) is 6.03. The molecule has 1 N–H and O–H groups in total. The van der Waals surface area contributed by atoms with E-state index in [1.807, 2.05) is 0 Å². The van der Waals surface area contributed by atoms with Gasteiger partial charge in [0.1, 0.15) is 11.5 Å². The Morgan fingerprint density at radius 2 is 1.81 bits per heavy atom. The Morgan fingerprint density at radius 3 is 2.46 bits per heavy atom. The lowest BCUT2D eigenvalue weighted by Gasteiger charge is -2.08. The first-order chi connectivity index (χ1) is 12.4. The van der Waals surface area contributed by atoms with Gasteiger partial charge in [0.15, 0.2) is 5.13 Å². The molecular formula is C17H15ClN2O4S2. The van der Waals surface area contributed by atoms with Crippen LogP contribution in [0.4, 0.5) is 5.13 Å². The number of aromatic nitrogens is 1. The quantitative estimate of drug-likeness (QED) is 0.656. The standard InChI is InChI=1S/C17H15ClN2O4S2/c1-23-12-5-8-16(24-2)14(9-12)15-10-25-17(19-15)20-26(21,22)13-6-3-11(18)4-7-13/h3-10H,1-2H3,(H,19,20). The molecule has 0 radical (unpaired) electrons. The number of nitrogens with zero attached hydrogens (tertiary/aromatic N) is 1. The Labute approximate surface area is 160 Å². The summed E-state index contributed by atoms with van der Waals surface area (Å²) in [7, 11) is -0.619. The second-order valence-corrected chi connectivity index (χ2v) is 8.14. The van der Waals surface area contributed by atoms with Crippen molar-refractivity contribution < 1.29 is 17.9 Å². The highest BCUT2D eigenvalue weighted by atomic mass is 35.5. The minimum Gasteiger partial charge on any atom is -0.497 e. The highest BCUT2D eigenvalue weighted by molar-refractivity contribution is 7.93. The van der Waals surface area contributed by atoms with Gasteiger partial charge in [0.05, 0.1) is 24.8 Å². The van der Waals surface area contributed by atoms with E-state index in [-0.39, 0.29) is 10.0 Å². The Morgan fingerprint density at radius 1 is 1.08 bits per heavy atom. The fraction of sp³-hybridized carbons (Fsp3) is 0.118. The first-order valence-electron chi connectivity index (χ1n) is 7.39. The van der Waals surface area contributed by atoms with Crippen molar-refractivity contribution in [3.8, 4) is 22.8 Å². The van der Waals surface area contributed by atoms with Crippen LogP contribution in [-0.2, 0) is 10.0 Å². The maximum Gasteiger partial charge on any atom is 0.263 e. The minimum absolute atomic E-state index is 0.109. The molecule has 0 saturated heterocycles. The number of methoxy groups -OCH3 is 2. The zero-order valence-corrected chi connectivity index (χ0v) is 16.3. The van der Waals surface area contributed by atoms with Gasteiger partial charge in [-0.25, -0.2) is 13.4 Å². The minimum atomic E-state index is -3.74. The van der Waals surface area contributed by atoms with Crippen molar-refractivity contribution in [3.63, 3.8) is 0 Å². The predicted octanol–water partition coefficient (Wildman–Crippen LogP) is 4.28. The number of ether oxygens (including phenoxy) is 2. The maximum atomic E-state index is 12.4. The first-order valence-corrected chi connectivity index (χ1v) is 10.1. The monoisotopic (exact) mass is 410 g/mol. The van der Waals surface area contributed by atoms with Crippen molar-refractivity contribution in [2.45, 2.75) is 4.90 Å². The summed E-state index contributed by atoms with van der Waals surface area (Å²) in [5.74, 6) is 1.26. The molecule has 0 bridgehead atoms. The second kappa shape index (κ2) is 7.53. The Bertz CT molecular complexity index is 1020. The van der Waals surface area contributed by atoms with Crippen molar-refractivity contribution in [1.29, 1.82) is 0 Å². The highest BCUT2D eigenvalue weighted by Crippen LogP contribution is 2.35. The largest absolute Gasteiger partial charge is 0.497 e. The highest BCUT2D eigenvalue weighted by Gasteiger charge is 2.17. The van der Waals surface area contributed by atoms with Gasteiger partial charge in [0.2, 0.25) is 0 Å². The molecule has 1 heterocycles. The van der Waals surface area contributed by atoms with E-state index in [1.54, 1.807) is 37.8 Å². The molecule has 0 aliphatic heterocycles. The molecule has 0 aliphatic rings. The second-order valence-electron chi connectivity index (χ2n) is 5.16. The number of sulfonamides is 1. The Kier molecular flexibility index (Phi) is 5.36. The molecule has 26 heavy (non-hydrogen) atoms. The summed E-state index contributed by atoms with van der Waals surface area (Å²) in [4.78, 5) is 4.47. The molecule has 9 heteroatoms. The van der Waals surface area contributed by atoms with E-state index in [0.29, 0.717) is 27.8 Å². The fourth-order valence-corrected chi connectivity index (χ4v) is 4.34. The van der Waals surface area contributed by atoms with Gasteiger partial charge in [-0.2, -0.15) is 0 Å². The van der Waals surface area contributed by atoms with Crippen LogP contribution in [0.25, 0.3) is 11.3 Å². The average molecular weight is 411 g/mol. The van der Waals surface area contributed by atoms with E-state index in [0.717, 1.165) is 0 Å². The summed E-state index contributed by atoms with van der Waals surface area (Å²) in [6, 6.07) is 11.2. The van der Waals surface area contributed by atoms with Crippen molar-refractivity contribution in [2.24, 2.45) is 0 Å². The molecule has 0 saturated carbocycles. The van der Waals surface area contributed by atoms with Gasteiger partial charge >= 0.3 is 0 Å². The topological polar surface area (TPSA) is 77.5 Å². The van der Waals surface area contributed by atoms with Crippen LogP contribution in [-0.4, -0.2) is 27.6 Å². The van der Waals surface area contributed by atoms with Crippen LogP contribution in [0.5, 0.6) is 11.5 Å². The van der Waals surface area contributed by atoms with Crippen LogP contribution in [0, 0.1) is 0 Å². The SMILES string of the molecule is COc1ccc(OC)c(-c2csc(NS(=O)(=O)c3ccc(Cl)cc3)n2)c1. The summed E-state index contributed by atoms with van der Waals surface area (Å²) < 4.78 is 38.0. The smallest absolute Gasteiger partial charge is 0.263 e. The third-order valence-electron chi connectivity index (χ3n) is 3.53. The zero-order chi connectivity index (χ0) is 18.7. The normalized spacial score (nSPS) is 11.2. The molecule has 3 aromatic rings. The van der Waals surface area contributed by atoms with Crippen LogP contribution in [0.1, 0.15) is 0 Å². The molecule has 0 fully saturated rings. The van der Waals surface area contributed by atoms with Gasteiger partial charge in [-0.3, -0.25) is 4.72 Å². The van der Waals surface area contributed by atoms with E-state index in [4.69, 9.17) is 21.1 Å². The van der Waals surface area contributed by atoms with E-state index < -0.39 is 10.0 Å². The summed E-state index contributed by atoms with van der Waals surface area (Å²) in [6.07, 6.45) is 0. The summed E-state index contributed by atoms with van der Waals surface area (Å²) in [5.41, 5.74) is 1.29. The molecule has 0 amide bonds. The van der Waals surface area contributed by atoms with Crippen molar-refractivity contribution in [3.05, 3.63) is 52.9 Å². The third kappa shape index (κ3) is 3.92. The van der Waals surface area contributed by atoms with Crippen molar-refractivity contribution in [2.75, 3.05) is 18.9 Å². The van der Waals surface area contributed by atoms with E-state index in [9.17, 15) is 8.42 Å².